The highest BCUT2D eigenvalue weighted by Crippen LogP contribution is 2.44. The number of hydrogen-bond acceptors (Lipinski definition) is 11. The maximum Gasteiger partial charge on any atom is 0.502 e. The average Bonchev–Trinajstić information content (AvgIpc) is 3.35. The van der Waals surface area contributed by atoms with Gasteiger partial charge >= 0.3 is 13.1 Å². The number of azide groups is 2. The number of alkyl halides is 3. The Bertz CT molecular complexity index is 1850. The topological polar surface area (TPSA) is 243 Å². The van der Waals surface area contributed by atoms with Gasteiger partial charge in [-0.1, -0.05) is 10.2 Å². The van der Waals surface area contributed by atoms with Gasteiger partial charge in [0, 0.05) is 26.7 Å². The molecule has 2 N–H and O–H groups in total. The first-order chi connectivity index (χ1) is 20.5. The van der Waals surface area contributed by atoms with Crippen LogP contribution in [0, 0.1) is 5.82 Å². The van der Waals surface area contributed by atoms with Gasteiger partial charge in [-0.3, -0.25) is 0 Å². The minimum Gasteiger partial charge on any atom is -0.490 e. The molecule has 0 aliphatic rings. The summed E-state index contributed by atoms with van der Waals surface area (Å²) in [6, 6.07) is 4.84. The van der Waals surface area contributed by atoms with Gasteiger partial charge < -0.3 is 18.9 Å². The molecule has 44 heavy (non-hydrogen) atoms. The molecule has 0 aliphatic carbocycles. The Balaban J connectivity index is 1.79. The predicted molar refractivity (Wildman–Crippen MR) is 146 cm³/mol. The van der Waals surface area contributed by atoms with Crippen molar-refractivity contribution in [3.63, 3.8) is 0 Å². The number of fused-ring (bicyclic) bond motifs is 1. The summed E-state index contributed by atoms with van der Waals surface area (Å²) in [5.41, 5.74) is 11.0. The fourth-order valence-electron chi connectivity index (χ4n) is 3.18. The molecule has 0 bridgehead atoms. The van der Waals surface area contributed by atoms with Crippen molar-refractivity contribution in [3.05, 3.63) is 63.1 Å². The highest BCUT2D eigenvalue weighted by Gasteiger charge is 2.48. The van der Waals surface area contributed by atoms with Crippen LogP contribution in [0.1, 0.15) is 0 Å². The summed E-state index contributed by atoms with van der Waals surface area (Å²) in [7, 11) is -15.5. The average molecular weight is 704 g/mol. The number of benzene rings is 2. The lowest BCUT2D eigenvalue weighted by Gasteiger charge is -2.15. The molecule has 0 fully saturated rings. The summed E-state index contributed by atoms with van der Waals surface area (Å²) in [6.45, 7) is -0.188. The Morgan fingerprint density at radius 1 is 0.977 bits per heavy atom. The third-order valence-electron chi connectivity index (χ3n) is 5.05. The van der Waals surface area contributed by atoms with Crippen LogP contribution in [0.5, 0.6) is 17.2 Å². The van der Waals surface area contributed by atoms with Crippen LogP contribution >= 0.6 is 18.9 Å². The van der Waals surface area contributed by atoms with Crippen LogP contribution in [-0.2, 0) is 24.4 Å². The van der Waals surface area contributed by atoms with E-state index >= 15 is 0 Å². The van der Waals surface area contributed by atoms with Gasteiger partial charge in [-0.2, -0.15) is 17.9 Å². The SMILES string of the molecule is [N-]=[N+]=NCCOc1cc2cc(S(=O)(=O)NCP(=O)(O)Oc3ccc(S(=O)(=O)C(F)(F)F)c(F)c3)sc2cc1OCCN=[N+]=[N-]. The van der Waals surface area contributed by atoms with Gasteiger partial charge in [0.15, 0.2) is 11.5 Å². The van der Waals surface area contributed by atoms with Crippen molar-refractivity contribution in [2.24, 2.45) is 10.2 Å². The number of nitrogens with zero attached hydrogens (tertiary/aromatic N) is 6. The summed E-state index contributed by atoms with van der Waals surface area (Å²) in [4.78, 5) is 13.5. The van der Waals surface area contributed by atoms with E-state index in [1.54, 1.807) is 0 Å². The molecule has 1 heterocycles. The molecule has 238 valence electrons. The lowest BCUT2D eigenvalue weighted by atomic mass is 10.2. The molecular weight excluding hydrogens is 685 g/mol. The minimum atomic E-state index is -6.06. The first kappa shape index (κ1) is 34.7. The number of sulfone groups is 1. The molecule has 0 aliphatic heterocycles. The van der Waals surface area contributed by atoms with E-state index in [0.29, 0.717) is 16.2 Å². The van der Waals surface area contributed by atoms with E-state index < -0.39 is 55.7 Å². The Labute approximate surface area is 248 Å². The number of sulfonamides is 1. The van der Waals surface area contributed by atoms with Crippen LogP contribution in [-0.4, -0.2) is 59.8 Å². The highest BCUT2D eigenvalue weighted by atomic mass is 32.2. The number of hydrogen-bond donors (Lipinski definition) is 2. The van der Waals surface area contributed by atoms with Crippen LogP contribution in [0.4, 0.5) is 17.6 Å². The molecule has 0 spiro atoms. The lowest BCUT2D eigenvalue weighted by Crippen LogP contribution is -2.25. The van der Waals surface area contributed by atoms with Crippen LogP contribution in [0.2, 0.25) is 0 Å². The smallest absolute Gasteiger partial charge is 0.490 e. The van der Waals surface area contributed by atoms with E-state index in [1.807, 2.05) is 4.72 Å². The Kier molecular flexibility index (Phi) is 10.9. The van der Waals surface area contributed by atoms with Crippen molar-refractivity contribution in [1.82, 2.24) is 4.72 Å². The number of nitrogens with one attached hydrogen (secondary N) is 1. The number of ether oxygens (including phenoxy) is 2. The van der Waals surface area contributed by atoms with E-state index in [-0.39, 0.29) is 54.1 Å². The third-order valence-corrected chi connectivity index (χ3v) is 10.8. The largest absolute Gasteiger partial charge is 0.502 e. The van der Waals surface area contributed by atoms with Crippen LogP contribution in [0.25, 0.3) is 31.0 Å². The molecule has 16 nitrogen and oxygen atoms in total. The van der Waals surface area contributed by atoms with Crippen molar-refractivity contribution in [3.8, 4) is 17.2 Å². The number of rotatable bonds is 15. The van der Waals surface area contributed by atoms with Gasteiger partial charge in [0.05, 0.1) is 26.3 Å². The number of halogens is 4. The van der Waals surface area contributed by atoms with Crippen molar-refractivity contribution in [1.29, 1.82) is 0 Å². The van der Waals surface area contributed by atoms with Gasteiger partial charge in [0.25, 0.3) is 19.9 Å². The zero-order chi connectivity index (χ0) is 32.8. The summed E-state index contributed by atoms with van der Waals surface area (Å²) >= 11 is 0.720. The maximum absolute atomic E-state index is 14.1. The molecule has 1 atom stereocenters. The molecule has 3 rings (SSSR count). The third kappa shape index (κ3) is 8.64. The molecule has 24 heteroatoms. The van der Waals surface area contributed by atoms with E-state index in [2.05, 4.69) is 24.6 Å². The van der Waals surface area contributed by atoms with E-state index in [9.17, 15) is 43.9 Å². The minimum absolute atomic E-state index is 0.0343. The van der Waals surface area contributed by atoms with Crippen LogP contribution in [0.3, 0.4) is 0 Å². The van der Waals surface area contributed by atoms with Crippen LogP contribution < -0.4 is 18.7 Å². The summed E-state index contributed by atoms with van der Waals surface area (Å²) in [5, 5.41) is 7.00. The van der Waals surface area contributed by atoms with Gasteiger partial charge in [-0.25, -0.2) is 25.8 Å². The molecule has 0 saturated carbocycles. The predicted octanol–water partition coefficient (Wildman–Crippen LogP) is 5.21. The van der Waals surface area contributed by atoms with Crippen molar-refractivity contribution < 1.29 is 57.9 Å². The Hall–Kier alpha value is -3.81. The second-order valence-corrected chi connectivity index (χ2v) is 14.8. The van der Waals surface area contributed by atoms with E-state index in [4.69, 9.17) is 20.5 Å². The second kappa shape index (κ2) is 13.9. The summed E-state index contributed by atoms with van der Waals surface area (Å²) in [5.74, 6) is -2.50. The molecule has 0 amide bonds. The molecule has 1 aromatic heterocycles. The zero-order valence-electron chi connectivity index (χ0n) is 21.6. The molecule has 3 aromatic rings. The first-order valence-electron chi connectivity index (χ1n) is 11.5. The lowest BCUT2D eigenvalue weighted by molar-refractivity contribution is -0.0437. The monoisotopic (exact) mass is 703 g/mol. The summed E-state index contributed by atoms with van der Waals surface area (Å²) in [6.07, 6.45) is -1.27. The first-order valence-corrected chi connectivity index (χ1v) is 17.0. The van der Waals surface area contributed by atoms with Crippen LogP contribution in [0.15, 0.2) is 55.7 Å². The van der Waals surface area contributed by atoms with Gasteiger partial charge in [0.2, 0.25) is 0 Å². The molecule has 1 unspecified atom stereocenters. The zero-order valence-corrected chi connectivity index (χ0v) is 24.9. The second-order valence-electron chi connectivity index (χ2n) is 8.08. The van der Waals surface area contributed by atoms with Gasteiger partial charge in [-0.15, -0.1) is 11.3 Å². The van der Waals surface area contributed by atoms with Crippen molar-refractivity contribution in [2.75, 3.05) is 32.6 Å². The standard InChI is InChI=1S/C20H18F4N7O9PS3/c21-14-9-13(1-2-18(14)43(34,35)20(22,23)24)40-41(32,33)11-29-44(36,37)19-8-12-7-15(38-5-3-27-30-25)16(10-17(12)42-19)39-6-4-28-31-26/h1-2,7-10,29H,3-6,11H2,(H,32,33). The maximum atomic E-state index is 14.1. The van der Waals surface area contributed by atoms with E-state index in [0.717, 1.165) is 11.3 Å². The molecule has 2 aromatic carbocycles. The molecule has 0 radical (unpaired) electrons. The fourth-order valence-corrected chi connectivity index (χ4v) is 7.94. The number of thiophene rings is 1. The van der Waals surface area contributed by atoms with Crippen molar-refractivity contribution >= 4 is 48.9 Å². The van der Waals surface area contributed by atoms with Crippen molar-refractivity contribution in [2.45, 2.75) is 14.6 Å². The Morgan fingerprint density at radius 2 is 1.57 bits per heavy atom. The van der Waals surface area contributed by atoms with E-state index in [1.165, 1.54) is 18.2 Å². The Morgan fingerprint density at radius 3 is 2.11 bits per heavy atom. The molecular formula is C20H18F4N7O9PS3. The highest BCUT2D eigenvalue weighted by molar-refractivity contribution is 7.92. The van der Waals surface area contributed by atoms with Gasteiger partial charge in [0.1, 0.15) is 27.0 Å². The normalized spacial score (nSPS) is 13.4. The summed E-state index contributed by atoms with van der Waals surface area (Å²) < 4.78 is 131. The molecule has 0 saturated heterocycles. The van der Waals surface area contributed by atoms with Gasteiger partial charge in [-0.05, 0) is 40.7 Å². The quantitative estimate of drug-likeness (QED) is 0.0526. The fraction of sp³-hybridized carbons (Fsp3) is 0.300.